The Morgan fingerprint density at radius 2 is 1.77 bits per heavy atom. The van der Waals surface area contributed by atoms with Gasteiger partial charge in [0.15, 0.2) is 5.82 Å². The van der Waals surface area contributed by atoms with Crippen LogP contribution in [0, 0.1) is 12.8 Å². The number of aromatic amines is 1. The van der Waals surface area contributed by atoms with Crippen molar-refractivity contribution in [2.45, 2.75) is 65.3 Å². The van der Waals surface area contributed by atoms with Gasteiger partial charge in [0.1, 0.15) is 5.82 Å². The van der Waals surface area contributed by atoms with Gasteiger partial charge in [0.25, 0.3) is 0 Å². The fourth-order valence-electron chi connectivity index (χ4n) is 5.21. The lowest BCUT2D eigenvalue weighted by atomic mass is 9.94. The van der Waals surface area contributed by atoms with Crippen LogP contribution in [0.5, 0.6) is 0 Å². The lowest BCUT2D eigenvalue weighted by Crippen LogP contribution is -2.40. The molecule has 1 aliphatic carbocycles. The average Bonchev–Trinajstić information content (AvgIpc) is 3.48. The number of nitrogens with one attached hydrogen (secondary N) is 2. The Bertz CT molecular complexity index is 1380. The fraction of sp³-hybridized carbons (Fsp3) is 0.400. The molecule has 2 N–H and O–H groups in total. The summed E-state index contributed by atoms with van der Waals surface area (Å²) in [4.78, 5) is 25.5. The number of hydrogen-bond donors (Lipinski definition) is 2. The topological polar surface area (TPSA) is 113 Å². The summed E-state index contributed by atoms with van der Waals surface area (Å²) in [5, 5.41) is 17.6. The molecular weight excluding hydrogens is 488 g/mol. The molecule has 0 atom stereocenters. The third-order valence-electron chi connectivity index (χ3n) is 7.10. The van der Waals surface area contributed by atoms with Gasteiger partial charge in [-0.25, -0.2) is 10.1 Å². The van der Waals surface area contributed by atoms with Crippen molar-refractivity contribution in [3.8, 4) is 22.6 Å². The maximum Gasteiger partial charge on any atom is 0.229 e. The second-order valence-electron chi connectivity index (χ2n) is 10.8. The van der Waals surface area contributed by atoms with Crippen molar-refractivity contribution in [1.82, 2.24) is 30.6 Å². The zero-order chi connectivity index (χ0) is 27.2. The first-order chi connectivity index (χ1) is 19.0. The van der Waals surface area contributed by atoms with Gasteiger partial charge in [-0.15, -0.1) is 5.10 Å². The van der Waals surface area contributed by atoms with Crippen LogP contribution in [0.15, 0.2) is 54.6 Å². The minimum absolute atomic E-state index is 0.116. The van der Waals surface area contributed by atoms with Crippen molar-refractivity contribution < 1.29 is 4.79 Å². The summed E-state index contributed by atoms with van der Waals surface area (Å²) in [5.41, 5.74) is 4.53. The molecule has 9 nitrogen and oxygen atoms in total. The fourth-order valence-corrected chi connectivity index (χ4v) is 5.21. The molecule has 1 amide bonds. The van der Waals surface area contributed by atoms with E-state index in [9.17, 15) is 4.79 Å². The Labute approximate surface area is 229 Å². The number of H-pyrrole nitrogens is 1. The molecule has 0 radical (unpaired) electrons. The number of carbonyl (C=O) groups is 1. The molecule has 4 aromatic rings. The Hall–Kier alpha value is -4.14. The minimum Gasteiger partial charge on any atom is -0.338 e. The van der Waals surface area contributed by atoms with E-state index in [0.29, 0.717) is 35.2 Å². The number of tetrazole rings is 1. The number of amides is 1. The van der Waals surface area contributed by atoms with Crippen LogP contribution in [-0.2, 0) is 11.2 Å². The third-order valence-corrected chi connectivity index (χ3v) is 7.10. The minimum atomic E-state index is -0.116. The molecule has 202 valence electrons. The quantitative estimate of drug-likeness (QED) is 0.293. The van der Waals surface area contributed by atoms with Crippen LogP contribution in [0.3, 0.4) is 0 Å². The van der Waals surface area contributed by atoms with E-state index in [1.54, 1.807) is 0 Å². The zero-order valence-corrected chi connectivity index (χ0v) is 22.9. The number of anilines is 2. The zero-order valence-electron chi connectivity index (χ0n) is 22.9. The molecule has 39 heavy (non-hydrogen) atoms. The van der Waals surface area contributed by atoms with Crippen molar-refractivity contribution >= 4 is 17.7 Å². The smallest absolute Gasteiger partial charge is 0.229 e. The van der Waals surface area contributed by atoms with E-state index in [4.69, 9.17) is 9.97 Å². The first-order valence-electron chi connectivity index (χ1n) is 13.8. The molecule has 1 saturated carbocycles. The van der Waals surface area contributed by atoms with Crippen LogP contribution < -0.4 is 10.2 Å². The molecule has 9 heteroatoms. The largest absolute Gasteiger partial charge is 0.338 e. The molecule has 0 aliphatic heterocycles. The van der Waals surface area contributed by atoms with E-state index in [-0.39, 0.29) is 12.3 Å². The maximum atomic E-state index is 13.1. The van der Waals surface area contributed by atoms with Gasteiger partial charge >= 0.3 is 0 Å². The summed E-state index contributed by atoms with van der Waals surface area (Å²) in [6.45, 7) is 7.32. The molecule has 5 rings (SSSR count). The molecule has 0 spiro atoms. The third kappa shape index (κ3) is 6.66. The number of nitrogens with zero attached hydrogens (tertiary/aromatic N) is 6. The van der Waals surface area contributed by atoms with Crippen molar-refractivity contribution in [2.24, 2.45) is 5.92 Å². The summed E-state index contributed by atoms with van der Waals surface area (Å²) >= 11 is 0. The van der Waals surface area contributed by atoms with Gasteiger partial charge in [-0.05, 0) is 41.7 Å². The summed E-state index contributed by atoms with van der Waals surface area (Å²) < 4.78 is 0. The predicted octanol–water partition coefficient (Wildman–Crippen LogP) is 5.61. The molecular formula is C30H36N8O. The first-order valence-corrected chi connectivity index (χ1v) is 13.8. The van der Waals surface area contributed by atoms with Gasteiger partial charge < -0.3 is 10.2 Å². The summed E-state index contributed by atoms with van der Waals surface area (Å²) in [7, 11) is 0. The lowest BCUT2D eigenvalue weighted by Gasteiger charge is -2.36. The highest BCUT2D eigenvalue weighted by Gasteiger charge is 2.26. The Balaban J connectivity index is 1.54. The van der Waals surface area contributed by atoms with Gasteiger partial charge in [0, 0.05) is 29.8 Å². The van der Waals surface area contributed by atoms with Gasteiger partial charge in [-0.2, -0.15) is 4.98 Å². The second-order valence-corrected chi connectivity index (χ2v) is 10.8. The van der Waals surface area contributed by atoms with Crippen molar-refractivity contribution in [2.75, 3.05) is 16.8 Å². The van der Waals surface area contributed by atoms with E-state index >= 15 is 0 Å². The van der Waals surface area contributed by atoms with Gasteiger partial charge in [0.2, 0.25) is 11.9 Å². The van der Waals surface area contributed by atoms with E-state index in [2.05, 4.69) is 44.7 Å². The molecule has 1 fully saturated rings. The van der Waals surface area contributed by atoms with Crippen molar-refractivity contribution in [1.29, 1.82) is 0 Å². The molecule has 0 unspecified atom stereocenters. The SMILES string of the molecule is Cc1ccc(CC(=O)Nc2cc(-c3ccccc3-c3nnn[nH]3)nc(N(CC(C)C)C3CCCCC3)n2)cc1. The van der Waals surface area contributed by atoms with Crippen LogP contribution in [0.25, 0.3) is 22.6 Å². The second kappa shape index (κ2) is 12.1. The average molecular weight is 525 g/mol. The van der Waals surface area contributed by atoms with E-state index in [1.807, 2.05) is 61.5 Å². The van der Waals surface area contributed by atoms with Crippen molar-refractivity contribution in [3.63, 3.8) is 0 Å². The number of benzene rings is 2. The summed E-state index contributed by atoms with van der Waals surface area (Å²) in [6.07, 6.45) is 6.20. The number of rotatable bonds is 9. The van der Waals surface area contributed by atoms with Crippen molar-refractivity contribution in [3.05, 3.63) is 65.7 Å². The van der Waals surface area contributed by atoms with Gasteiger partial charge in [-0.1, -0.05) is 87.2 Å². The summed E-state index contributed by atoms with van der Waals surface area (Å²) in [6, 6.07) is 18.1. The van der Waals surface area contributed by atoms with Crippen LogP contribution in [0.2, 0.25) is 0 Å². The Kier molecular flexibility index (Phi) is 8.24. The van der Waals surface area contributed by atoms with Gasteiger partial charge in [-0.3, -0.25) is 4.79 Å². The highest BCUT2D eigenvalue weighted by Crippen LogP contribution is 2.33. The normalized spacial score (nSPS) is 13.9. The Morgan fingerprint density at radius 3 is 2.46 bits per heavy atom. The number of aromatic nitrogens is 6. The van der Waals surface area contributed by atoms with Crippen LogP contribution >= 0.6 is 0 Å². The number of hydrogen-bond acceptors (Lipinski definition) is 7. The van der Waals surface area contributed by atoms with Crippen LogP contribution in [0.4, 0.5) is 11.8 Å². The molecule has 0 bridgehead atoms. The standard InChI is InChI=1S/C30H36N8O/c1-20(2)19-38(23-9-5-4-6-10-23)30-31-26(24-11-7-8-12-25(24)29-34-36-37-35-29)18-27(33-30)32-28(39)17-22-15-13-21(3)14-16-22/h7-8,11-16,18,20,23H,4-6,9-10,17,19H2,1-3H3,(H,31,32,33,39)(H,34,35,36,37). The predicted molar refractivity (Wildman–Crippen MR) is 153 cm³/mol. The van der Waals surface area contributed by atoms with E-state index in [1.165, 1.54) is 19.3 Å². The first kappa shape index (κ1) is 26.5. The maximum absolute atomic E-state index is 13.1. The van der Waals surface area contributed by atoms with Gasteiger partial charge in [0.05, 0.1) is 12.1 Å². The molecule has 2 heterocycles. The molecule has 1 aliphatic rings. The monoisotopic (exact) mass is 524 g/mol. The van der Waals surface area contributed by atoms with E-state index in [0.717, 1.165) is 41.6 Å². The highest BCUT2D eigenvalue weighted by molar-refractivity contribution is 5.92. The lowest BCUT2D eigenvalue weighted by molar-refractivity contribution is -0.115. The Morgan fingerprint density at radius 1 is 1.03 bits per heavy atom. The molecule has 2 aromatic heterocycles. The molecule has 0 saturated heterocycles. The van der Waals surface area contributed by atoms with Crippen LogP contribution in [-0.4, -0.2) is 49.1 Å². The number of carbonyl (C=O) groups excluding carboxylic acids is 1. The van der Waals surface area contributed by atoms with E-state index < -0.39 is 0 Å². The summed E-state index contributed by atoms with van der Waals surface area (Å²) in [5.74, 6) is 2.01. The number of aryl methyl sites for hydroxylation is 1. The van der Waals surface area contributed by atoms with Crippen LogP contribution in [0.1, 0.15) is 57.1 Å². The molecule has 2 aromatic carbocycles. The highest BCUT2D eigenvalue weighted by atomic mass is 16.1.